The van der Waals surface area contributed by atoms with Crippen molar-refractivity contribution in [2.24, 2.45) is 0 Å². The van der Waals surface area contributed by atoms with E-state index >= 15 is 0 Å². The van der Waals surface area contributed by atoms with Gasteiger partial charge < -0.3 is 9.52 Å². The SMILES string of the molecule is O=C(O)c1ccc(SN(Cc2ccc3occc3c2)c2ncc(Cl)cc2Cl)cc1. The molecule has 5 nitrogen and oxygen atoms in total. The van der Waals surface area contributed by atoms with E-state index in [2.05, 4.69) is 4.98 Å². The molecule has 2 aromatic carbocycles. The Morgan fingerprint density at radius 2 is 1.90 bits per heavy atom. The number of benzene rings is 2. The van der Waals surface area contributed by atoms with Crippen molar-refractivity contribution in [3.63, 3.8) is 0 Å². The summed E-state index contributed by atoms with van der Waals surface area (Å²) in [6.45, 7) is 0.515. The molecule has 4 rings (SSSR count). The molecule has 0 saturated heterocycles. The maximum Gasteiger partial charge on any atom is 0.335 e. The molecule has 0 fully saturated rings. The Labute approximate surface area is 181 Å². The third-order valence-electron chi connectivity index (χ3n) is 4.18. The maximum absolute atomic E-state index is 11.1. The zero-order chi connectivity index (χ0) is 20.4. The number of aromatic nitrogens is 1. The number of fused-ring (bicyclic) bond motifs is 1. The van der Waals surface area contributed by atoms with Crippen molar-refractivity contribution < 1.29 is 14.3 Å². The van der Waals surface area contributed by atoms with Gasteiger partial charge >= 0.3 is 5.97 Å². The molecule has 0 unspecified atom stereocenters. The third-order valence-corrected chi connectivity index (χ3v) is 5.67. The molecule has 8 heteroatoms. The minimum Gasteiger partial charge on any atom is -0.478 e. The number of carboxylic acid groups (broad SMARTS) is 1. The van der Waals surface area contributed by atoms with Gasteiger partial charge in [0, 0.05) is 16.5 Å². The number of hydrogen-bond donors (Lipinski definition) is 1. The average Bonchev–Trinajstić information content (AvgIpc) is 3.16. The molecule has 0 radical (unpaired) electrons. The number of nitrogens with zero attached hydrogens (tertiary/aromatic N) is 2. The van der Waals surface area contributed by atoms with Gasteiger partial charge in [0.2, 0.25) is 0 Å². The molecule has 4 aromatic rings. The lowest BCUT2D eigenvalue weighted by Crippen LogP contribution is -2.15. The smallest absolute Gasteiger partial charge is 0.335 e. The molecule has 2 aromatic heterocycles. The van der Waals surface area contributed by atoms with E-state index in [0.717, 1.165) is 21.4 Å². The Kier molecular flexibility index (Phi) is 5.67. The molecular formula is C21H14Cl2N2O3S. The largest absolute Gasteiger partial charge is 0.478 e. The number of rotatable bonds is 6. The molecule has 146 valence electrons. The van der Waals surface area contributed by atoms with Gasteiger partial charge in [-0.3, -0.25) is 4.31 Å². The van der Waals surface area contributed by atoms with Crippen molar-refractivity contribution in [3.8, 4) is 0 Å². The standard InChI is InChI=1S/C21H14Cl2N2O3S/c22-16-10-18(23)20(24-11-16)25(29-17-4-2-14(3-5-17)21(26)27)12-13-1-6-19-15(9-13)7-8-28-19/h1-11H,12H2,(H,26,27). The molecule has 1 N–H and O–H groups in total. The summed E-state index contributed by atoms with van der Waals surface area (Å²) < 4.78 is 7.35. The van der Waals surface area contributed by atoms with E-state index in [4.69, 9.17) is 32.7 Å². The van der Waals surface area contributed by atoms with Crippen LogP contribution in [0.15, 0.2) is 76.4 Å². The summed E-state index contributed by atoms with van der Waals surface area (Å²) in [6, 6.07) is 16.1. The lowest BCUT2D eigenvalue weighted by atomic mass is 10.1. The second-order valence-electron chi connectivity index (χ2n) is 6.21. The van der Waals surface area contributed by atoms with Crippen molar-refractivity contribution in [2.45, 2.75) is 11.4 Å². The fourth-order valence-corrected chi connectivity index (χ4v) is 4.30. The van der Waals surface area contributed by atoms with Crippen molar-refractivity contribution in [1.29, 1.82) is 0 Å². The van der Waals surface area contributed by atoms with Crippen LogP contribution in [0.1, 0.15) is 15.9 Å². The first-order valence-corrected chi connectivity index (χ1v) is 10.1. The van der Waals surface area contributed by atoms with Crippen LogP contribution in [-0.4, -0.2) is 16.1 Å². The van der Waals surface area contributed by atoms with Gasteiger partial charge in [0.25, 0.3) is 0 Å². The highest BCUT2D eigenvalue weighted by atomic mass is 35.5. The highest BCUT2D eigenvalue weighted by Crippen LogP contribution is 2.35. The second kappa shape index (κ2) is 8.37. The fourth-order valence-electron chi connectivity index (χ4n) is 2.81. The van der Waals surface area contributed by atoms with Gasteiger partial charge in [-0.2, -0.15) is 0 Å². The molecule has 0 aliphatic heterocycles. The summed E-state index contributed by atoms with van der Waals surface area (Å²) in [5.74, 6) is -0.398. The number of aromatic carboxylic acids is 1. The summed E-state index contributed by atoms with van der Waals surface area (Å²) in [7, 11) is 0. The maximum atomic E-state index is 11.1. The van der Waals surface area contributed by atoms with Gasteiger partial charge in [-0.25, -0.2) is 9.78 Å². The van der Waals surface area contributed by atoms with Crippen molar-refractivity contribution >= 4 is 57.9 Å². The van der Waals surface area contributed by atoms with E-state index in [1.54, 1.807) is 42.8 Å². The summed E-state index contributed by atoms with van der Waals surface area (Å²) >= 11 is 13.8. The summed E-state index contributed by atoms with van der Waals surface area (Å²) in [6.07, 6.45) is 3.20. The lowest BCUT2D eigenvalue weighted by Gasteiger charge is -2.23. The first-order chi connectivity index (χ1) is 14.0. The highest BCUT2D eigenvalue weighted by molar-refractivity contribution is 8.00. The van der Waals surface area contributed by atoms with Crippen LogP contribution in [0.3, 0.4) is 0 Å². The number of carbonyl (C=O) groups is 1. The first kappa shape index (κ1) is 19.6. The number of halogens is 2. The minimum absolute atomic E-state index is 0.231. The van der Waals surface area contributed by atoms with Crippen LogP contribution in [0.2, 0.25) is 10.0 Å². The third kappa shape index (κ3) is 4.50. The zero-order valence-electron chi connectivity index (χ0n) is 14.9. The van der Waals surface area contributed by atoms with Crippen LogP contribution in [0, 0.1) is 0 Å². The molecule has 0 aliphatic rings. The second-order valence-corrected chi connectivity index (χ2v) is 8.15. The molecule has 0 amide bonds. The van der Waals surface area contributed by atoms with E-state index in [1.165, 1.54) is 11.9 Å². The Bertz CT molecular complexity index is 1180. The van der Waals surface area contributed by atoms with E-state index in [-0.39, 0.29) is 5.56 Å². The van der Waals surface area contributed by atoms with Gasteiger partial charge in [0.15, 0.2) is 5.82 Å². The predicted octanol–water partition coefficient (Wildman–Crippen LogP) is 6.55. The quantitative estimate of drug-likeness (QED) is 0.340. The Morgan fingerprint density at radius 1 is 1.10 bits per heavy atom. The van der Waals surface area contributed by atoms with Crippen molar-refractivity contribution in [2.75, 3.05) is 4.31 Å². The molecule has 0 spiro atoms. The fraction of sp³-hybridized carbons (Fsp3) is 0.0476. The lowest BCUT2D eigenvalue weighted by molar-refractivity contribution is 0.0697. The van der Waals surface area contributed by atoms with Crippen LogP contribution in [-0.2, 0) is 6.54 Å². The highest BCUT2D eigenvalue weighted by Gasteiger charge is 2.16. The van der Waals surface area contributed by atoms with Gasteiger partial charge in [-0.15, -0.1) is 0 Å². The number of pyridine rings is 1. The van der Waals surface area contributed by atoms with Gasteiger partial charge in [0.1, 0.15) is 5.58 Å². The molecule has 2 heterocycles. The molecule has 0 aliphatic carbocycles. The van der Waals surface area contributed by atoms with Gasteiger partial charge in [0.05, 0.1) is 28.4 Å². The van der Waals surface area contributed by atoms with E-state index < -0.39 is 5.97 Å². The molecule has 0 saturated carbocycles. The topological polar surface area (TPSA) is 66.6 Å². The summed E-state index contributed by atoms with van der Waals surface area (Å²) in [4.78, 5) is 16.3. The normalized spacial score (nSPS) is 11.0. The van der Waals surface area contributed by atoms with Crippen LogP contribution >= 0.6 is 35.1 Å². The minimum atomic E-state index is -0.964. The number of furan rings is 1. The summed E-state index contributed by atoms with van der Waals surface area (Å²) in [5.41, 5.74) is 2.09. The van der Waals surface area contributed by atoms with E-state index in [1.807, 2.05) is 28.6 Å². The summed E-state index contributed by atoms with van der Waals surface area (Å²) in [5, 5.41) is 11.0. The first-order valence-electron chi connectivity index (χ1n) is 8.55. The molecule has 0 bridgehead atoms. The number of anilines is 1. The van der Waals surface area contributed by atoms with Gasteiger partial charge in [-0.05, 0) is 66.0 Å². The van der Waals surface area contributed by atoms with E-state index in [0.29, 0.717) is 22.4 Å². The van der Waals surface area contributed by atoms with Gasteiger partial charge in [-0.1, -0.05) is 29.3 Å². The zero-order valence-corrected chi connectivity index (χ0v) is 17.2. The average molecular weight is 445 g/mol. The van der Waals surface area contributed by atoms with Crippen LogP contribution in [0.5, 0.6) is 0 Å². The molecular weight excluding hydrogens is 431 g/mol. The number of hydrogen-bond acceptors (Lipinski definition) is 5. The molecule has 29 heavy (non-hydrogen) atoms. The van der Waals surface area contributed by atoms with Crippen molar-refractivity contribution in [1.82, 2.24) is 4.98 Å². The monoisotopic (exact) mass is 444 g/mol. The molecule has 0 atom stereocenters. The Balaban J connectivity index is 1.66. The number of carboxylic acids is 1. The Hall–Kier alpha value is -2.67. The van der Waals surface area contributed by atoms with Crippen LogP contribution in [0.4, 0.5) is 5.82 Å². The van der Waals surface area contributed by atoms with Crippen LogP contribution < -0.4 is 4.31 Å². The predicted molar refractivity (Wildman–Crippen MR) is 116 cm³/mol. The Morgan fingerprint density at radius 3 is 2.62 bits per heavy atom. The van der Waals surface area contributed by atoms with Crippen molar-refractivity contribution in [3.05, 3.63) is 88.2 Å². The van der Waals surface area contributed by atoms with E-state index in [9.17, 15) is 4.79 Å². The van der Waals surface area contributed by atoms with Crippen LogP contribution in [0.25, 0.3) is 11.0 Å².